The molecule has 1 heterocycles. The number of alkyl halides is 3. The fourth-order valence-corrected chi connectivity index (χ4v) is 5.45. The monoisotopic (exact) mass is 536 g/mol. The van der Waals surface area contributed by atoms with Crippen molar-refractivity contribution in [1.82, 2.24) is 21.5 Å². The molecule has 4 N–H and O–H groups in total. The van der Waals surface area contributed by atoms with Gasteiger partial charge in [-0.05, 0) is 55.4 Å². The van der Waals surface area contributed by atoms with E-state index in [-0.39, 0.29) is 41.5 Å². The Kier molecular flexibility index (Phi) is 9.06. The number of hydrazine groups is 1. The lowest BCUT2D eigenvalue weighted by Crippen LogP contribution is -2.45. The number of rotatable bonds is 9. The molecule has 2 amide bonds. The second-order valence-corrected chi connectivity index (χ2v) is 11.1. The molecule has 3 rings (SSSR count). The van der Waals surface area contributed by atoms with E-state index in [4.69, 9.17) is 9.47 Å². The molecule has 1 aromatic carbocycles. The van der Waals surface area contributed by atoms with Gasteiger partial charge in [0.05, 0.1) is 31.0 Å². The van der Waals surface area contributed by atoms with Crippen molar-refractivity contribution in [2.24, 2.45) is 5.92 Å². The predicted octanol–water partition coefficient (Wildman–Crippen LogP) is 1.80. The van der Waals surface area contributed by atoms with Gasteiger partial charge in [0.2, 0.25) is 5.91 Å². The first-order valence-corrected chi connectivity index (χ1v) is 13.4. The number of alkyl carbamates (subject to hydrolysis) is 1. The molecular formula is C22H31F3N4O6S. The molecule has 1 aromatic rings. The largest absolute Gasteiger partial charge is 0.497 e. The Labute approximate surface area is 207 Å². The van der Waals surface area contributed by atoms with Crippen LogP contribution in [-0.4, -0.2) is 64.8 Å². The van der Waals surface area contributed by atoms with E-state index in [0.29, 0.717) is 30.6 Å². The number of sulfone groups is 1. The number of ether oxygens (including phenoxy) is 2. The van der Waals surface area contributed by atoms with Crippen LogP contribution in [0.1, 0.15) is 37.7 Å². The maximum Gasteiger partial charge on any atom is 0.407 e. The number of nitrogens with one attached hydrogen (secondary N) is 4. The highest BCUT2D eigenvalue weighted by Gasteiger charge is 2.37. The summed E-state index contributed by atoms with van der Waals surface area (Å²) in [6.07, 6.45) is -3.72. The Bertz CT molecular complexity index is 1050. The summed E-state index contributed by atoms with van der Waals surface area (Å²) in [6, 6.07) is 4.45. The minimum Gasteiger partial charge on any atom is -0.497 e. The van der Waals surface area contributed by atoms with Gasteiger partial charge in [0.15, 0.2) is 9.84 Å². The van der Waals surface area contributed by atoms with Gasteiger partial charge in [0.1, 0.15) is 11.9 Å². The van der Waals surface area contributed by atoms with Crippen LogP contribution in [0.2, 0.25) is 0 Å². The standard InChI is InChI=1S/C22H31F3N4O6S/c1-34-15-5-6-18(36(2,32)33)14(10-15)11-20(30)27-19-12-17(28-29-19)13-3-4-16(9-13)35-21(31)26-8-7-22(23,24)25/h5-6,10,13,16-17,19,28-29H,3-4,7-9,11-12H2,1-2H3,(H,26,31)(H,27,30)/t13-,16+,17?,19?/m0/s1. The number of amides is 2. The van der Waals surface area contributed by atoms with Gasteiger partial charge in [-0.25, -0.2) is 18.6 Å². The minimum absolute atomic E-state index is 0.0133. The maximum atomic E-state index is 12.6. The first kappa shape index (κ1) is 28.0. The Morgan fingerprint density at radius 2 is 1.92 bits per heavy atom. The Hall–Kier alpha value is -2.58. The zero-order chi connectivity index (χ0) is 26.5. The summed E-state index contributed by atoms with van der Waals surface area (Å²) in [5.74, 6) is 0.219. The normalized spacial score (nSPS) is 24.4. The summed E-state index contributed by atoms with van der Waals surface area (Å²) in [6.45, 7) is -0.532. The van der Waals surface area contributed by atoms with Crippen molar-refractivity contribution in [2.75, 3.05) is 19.9 Å². The van der Waals surface area contributed by atoms with E-state index in [1.54, 1.807) is 0 Å². The van der Waals surface area contributed by atoms with Gasteiger partial charge in [-0.2, -0.15) is 13.2 Å². The van der Waals surface area contributed by atoms with Crippen LogP contribution in [-0.2, 0) is 25.8 Å². The van der Waals surface area contributed by atoms with Gasteiger partial charge < -0.3 is 20.1 Å². The fraction of sp³-hybridized carbons (Fsp3) is 0.636. The molecule has 14 heteroatoms. The highest BCUT2D eigenvalue weighted by atomic mass is 32.2. The van der Waals surface area contributed by atoms with Crippen LogP contribution in [0.3, 0.4) is 0 Å². The summed E-state index contributed by atoms with van der Waals surface area (Å²) in [4.78, 5) is 24.5. The second kappa shape index (κ2) is 11.6. The highest BCUT2D eigenvalue weighted by Crippen LogP contribution is 2.33. The molecule has 2 unspecified atom stereocenters. The van der Waals surface area contributed by atoms with Crippen LogP contribution in [0.4, 0.5) is 18.0 Å². The smallest absolute Gasteiger partial charge is 0.407 e. The molecule has 2 aliphatic rings. The Balaban J connectivity index is 1.45. The molecule has 202 valence electrons. The minimum atomic E-state index is -4.34. The SMILES string of the molecule is COc1ccc(S(C)(=O)=O)c(CC(=O)NC2CC([C@H]3CC[C@@H](OC(=O)NCCC(F)(F)F)C3)NN2)c1. The molecule has 1 saturated carbocycles. The van der Waals surface area contributed by atoms with Crippen LogP contribution in [0.15, 0.2) is 23.1 Å². The number of hydrogen-bond donors (Lipinski definition) is 4. The molecule has 1 saturated heterocycles. The van der Waals surface area contributed by atoms with Crippen LogP contribution in [0.5, 0.6) is 5.75 Å². The molecule has 2 fully saturated rings. The summed E-state index contributed by atoms with van der Waals surface area (Å²) >= 11 is 0. The van der Waals surface area contributed by atoms with Crippen molar-refractivity contribution in [3.8, 4) is 5.75 Å². The summed E-state index contributed by atoms with van der Waals surface area (Å²) in [5.41, 5.74) is 6.48. The van der Waals surface area contributed by atoms with Gasteiger partial charge in [-0.1, -0.05) is 0 Å². The zero-order valence-corrected chi connectivity index (χ0v) is 20.8. The van der Waals surface area contributed by atoms with Crippen molar-refractivity contribution in [3.63, 3.8) is 0 Å². The van der Waals surface area contributed by atoms with Crippen molar-refractivity contribution < 1.29 is 40.7 Å². The molecule has 36 heavy (non-hydrogen) atoms. The fourth-order valence-electron chi connectivity index (χ4n) is 4.53. The van der Waals surface area contributed by atoms with Crippen molar-refractivity contribution in [1.29, 1.82) is 0 Å². The van der Waals surface area contributed by atoms with Crippen LogP contribution >= 0.6 is 0 Å². The number of methoxy groups -OCH3 is 1. The predicted molar refractivity (Wildman–Crippen MR) is 123 cm³/mol. The van der Waals surface area contributed by atoms with Gasteiger partial charge in [0, 0.05) is 18.8 Å². The Morgan fingerprint density at radius 1 is 1.17 bits per heavy atom. The average Bonchev–Trinajstić information content (AvgIpc) is 3.41. The maximum absolute atomic E-state index is 12.6. The van der Waals surface area contributed by atoms with Crippen molar-refractivity contribution in [3.05, 3.63) is 23.8 Å². The summed E-state index contributed by atoms with van der Waals surface area (Å²) < 4.78 is 71.1. The quantitative estimate of drug-likeness (QED) is 0.375. The van der Waals surface area contributed by atoms with Gasteiger partial charge in [-0.15, -0.1) is 0 Å². The van der Waals surface area contributed by atoms with E-state index in [0.717, 1.165) is 12.7 Å². The number of halogens is 3. The first-order chi connectivity index (χ1) is 16.8. The molecular weight excluding hydrogens is 505 g/mol. The Morgan fingerprint density at radius 3 is 2.58 bits per heavy atom. The highest BCUT2D eigenvalue weighted by molar-refractivity contribution is 7.90. The number of hydrogen-bond acceptors (Lipinski definition) is 8. The summed E-state index contributed by atoms with van der Waals surface area (Å²) in [7, 11) is -2.08. The van der Waals surface area contributed by atoms with Gasteiger partial charge in [-0.3, -0.25) is 10.2 Å². The van der Waals surface area contributed by atoms with Crippen LogP contribution in [0, 0.1) is 5.92 Å². The van der Waals surface area contributed by atoms with E-state index in [9.17, 15) is 31.2 Å². The third-order valence-electron chi connectivity index (χ3n) is 6.23. The molecule has 0 radical (unpaired) electrons. The molecule has 0 bridgehead atoms. The van der Waals surface area contributed by atoms with E-state index in [1.807, 2.05) is 0 Å². The first-order valence-electron chi connectivity index (χ1n) is 11.5. The second-order valence-electron chi connectivity index (χ2n) is 9.07. The lowest BCUT2D eigenvalue weighted by molar-refractivity contribution is -0.133. The van der Waals surface area contributed by atoms with Crippen molar-refractivity contribution in [2.45, 2.75) is 67.9 Å². The lowest BCUT2D eigenvalue weighted by atomic mass is 9.96. The molecule has 10 nitrogen and oxygen atoms in total. The lowest BCUT2D eigenvalue weighted by Gasteiger charge is -2.18. The van der Waals surface area contributed by atoms with Crippen molar-refractivity contribution >= 4 is 21.8 Å². The van der Waals surface area contributed by atoms with E-state index in [1.165, 1.54) is 25.3 Å². The molecule has 1 aliphatic heterocycles. The third kappa shape index (κ3) is 8.23. The van der Waals surface area contributed by atoms with E-state index < -0.39 is 35.1 Å². The van der Waals surface area contributed by atoms with E-state index >= 15 is 0 Å². The molecule has 0 aromatic heterocycles. The summed E-state index contributed by atoms with van der Waals surface area (Å²) in [5, 5.41) is 4.96. The molecule has 0 spiro atoms. The number of carbonyl (C=O) groups is 2. The van der Waals surface area contributed by atoms with Gasteiger partial charge in [0.25, 0.3) is 0 Å². The van der Waals surface area contributed by atoms with Gasteiger partial charge >= 0.3 is 12.3 Å². The third-order valence-corrected chi connectivity index (χ3v) is 7.43. The molecule has 4 atom stereocenters. The zero-order valence-electron chi connectivity index (χ0n) is 20.0. The topological polar surface area (TPSA) is 135 Å². The average molecular weight is 537 g/mol. The van der Waals surface area contributed by atoms with E-state index in [2.05, 4.69) is 21.5 Å². The number of benzene rings is 1. The molecule has 1 aliphatic carbocycles. The number of carbonyl (C=O) groups excluding carboxylic acids is 2. The van der Waals surface area contributed by atoms with Crippen LogP contribution in [0.25, 0.3) is 0 Å². The van der Waals surface area contributed by atoms with Crippen LogP contribution < -0.4 is 26.2 Å².